The van der Waals surface area contributed by atoms with Gasteiger partial charge in [0, 0.05) is 36.5 Å². The van der Waals surface area contributed by atoms with Gasteiger partial charge in [0.25, 0.3) is 5.70 Å². The van der Waals surface area contributed by atoms with E-state index >= 15 is 0 Å². The first kappa shape index (κ1) is 16.8. The lowest BCUT2D eigenvalue weighted by molar-refractivity contribution is -0.434. The Morgan fingerprint density at radius 1 is 1.42 bits per heavy atom. The molecule has 0 saturated carbocycles. The molecule has 0 radical (unpaired) electrons. The molecule has 1 spiro atoms. The molecule has 7 nitrogen and oxygen atoms in total. The van der Waals surface area contributed by atoms with E-state index in [0.29, 0.717) is 24.5 Å². The SMILES string of the molecule is CCOC1CC23C=CC(=O)CC2C([N+](=O)[O-])=Cc2ccc(OC)c(c23)O1. The molecule has 3 atom stereocenters. The van der Waals surface area contributed by atoms with Crippen molar-refractivity contribution in [2.75, 3.05) is 13.7 Å². The van der Waals surface area contributed by atoms with Gasteiger partial charge in [0.05, 0.1) is 18.0 Å². The fourth-order valence-corrected chi connectivity index (χ4v) is 4.37. The average Bonchev–Trinajstić information content (AvgIpc) is 2.62. The second-order valence-corrected chi connectivity index (χ2v) is 6.69. The van der Waals surface area contributed by atoms with Crippen LogP contribution < -0.4 is 9.47 Å². The van der Waals surface area contributed by atoms with Gasteiger partial charge < -0.3 is 14.2 Å². The van der Waals surface area contributed by atoms with Crippen LogP contribution in [-0.4, -0.2) is 30.7 Å². The number of nitrogens with zero attached hydrogens (tertiary/aromatic N) is 1. The topological polar surface area (TPSA) is 87.9 Å². The van der Waals surface area contributed by atoms with E-state index in [2.05, 4.69) is 0 Å². The molecule has 1 heterocycles. The van der Waals surface area contributed by atoms with Crippen molar-refractivity contribution >= 4 is 11.9 Å². The van der Waals surface area contributed by atoms with Crippen LogP contribution in [0.25, 0.3) is 6.08 Å². The van der Waals surface area contributed by atoms with E-state index in [-0.39, 0.29) is 22.8 Å². The predicted octanol–water partition coefficient (Wildman–Crippen LogP) is 2.85. The summed E-state index contributed by atoms with van der Waals surface area (Å²) in [6.07, 6.45) is 4.82. The minimum Gasteiger partial charge on any atom is -0.493 e. The van der Waals surface area contributed by atoms with Gasteiger partial charge in [-0.25, -0.2) is 0 Å². The molecule has 136 valence electrons. The van der Waals surface area contributed by atoms with Gasteiger partial charge in [-0.1, -0.05) is 12.1 Å². The molecule has 26 heavy (non-hydrogen) atoms. The van der Waals surface area contributed by atoms with Crippen LogP contribution in [0.15, 0.2) is 30.0 Å². The van der Waals surface area contributed by atoms with E-state index in [1.165, 1.54) is 6.08 Å². The van der Waals surface area contributed by atoms with Crippen LogP contribution in [0.5, 0.6) is 11.5 Å². The minimum atomic E-state index is -0.720. The third-order valence-electron chi connectivity index (χ3n) is 5.41. The highest BCUT2D eigenvalue weighted by atomic mass is 16.7. The lowest BCUT2D eigenvalue weighted by Crippen LogP contribution is -2.49. The molecule has 0 amide bonds. The summed E-state index contributed by atoms with van der Waals surface area (Å²) in [6, 6.07) is 3.54. The Kier molecular flexibility index (Phi) is 3.84. The van der Waals surface area contributed by atoms with Crippen molar-refractivity contribution in [3.05, 3.63) is 51.2 Å². The average molecular weight is 357 g/mol. The van der Waals surface area contributed by atoms with Gasteiger partial charge in [0.15, 0.2) is 17.3 Å². The molecule has 4 rings (SSSR count). The molecular formula is C19H19NO6. The number of ketones is 1. The van der Waals surface area contributed by atoms with Gasteiger partial charge in [-0.05, 0) is 24.6 Å². The molecule has 3 unspecified atom stereocenters. The van der Waals surface area contributed by atoms with Crippen molar-refractivity contribution in [2.45, 2.75) is 31.5 Å². The Labute approximate surface area is 150 Å². The summed E-state index contributed by atoms with van der Waals surface area (Å²) in [5.41, 5.74) is 0.899. The smallest absolute Gasteiger partial charge is 0.251 e. The first-order valence-corrected chi connectivity index (χ1v) is 8.58. The number of allylic oxidation sites excluding steroid dienone is 3. The van der Waals surface area contributed by atoms with Crippen molar-refractivity contribution in [3.63, 3.8) is 0 Å². The monoisotopic (exact) mass is 357 g/mol. The Morgan fingerprint density at radius 2 is 2.23 bits per heavy atom. The van der Waals surface area contributed by atoms with E-state index in [1.54, 1.807) is 31.4 Å². The normalized spacial score (nSPS) is 28.5. The fraction of sp³-hybridized carbons (Fsp3) is 0.421. The maximum absolute atomic E-state index is 12.1. The molecule has 0 fully saturated rings. The fourth-order valence-electron chi connectivity index (χ4n) is 4.37. The second-order valence-electron chi connectivity index (χ2n) is 6.69. The standard InChI is InChI=1S/C19H19NO6/c1-3-25-16-10-19-7-6-12(21)9-13(19)14(20(22)23)8-11-4-5-15(24-2)18(26-16)17(11)19/h4-8,13,16H,3,9-10H2,1-2H3. The van der Waals surface area contributed by atoms with Crippen molar-refractivity contribution in [1.29, 1.82) is 0 Å². The molecule has 1 aromatic carbocycles. The van der Waals surface area contributed by atoms with E-state index in [0.717, 1.165) is 11.1 Å². The maximum atomic E-state index is 12.1. The van der Waals surface area contributed by atoms with Crippen molar-refractivity contribution in [1.82, 2.24) is 0 Å². The third kappa shape index (κ3) is 2.27. The van der Waals surface area contributed by atoms with Gasteiger partial charge in [-0.2, -0.15) is 0 Å². The lowest BCUT2D eigenvalue weighted by Gasteiger charge is -2.47. The Hall–Kier alpha value is -2.67. The highest BCUT2D eigenvalue weighted by Gasteiger charge is 2.56. The zero-order valence-corrected chi connectivity index (χ0v) is 14.6. The largest absolute Gasteiger partial charge is 0.493 e. The lowest BCUT2D eigenvalue weighted by atomic mass is 9.58. The molecule has 0 N–H and O–H groups in total. The maximum Gasteiger partial charge on any atom is 0.251 e. The zero-order chi connectivity index (χ0) is 18.5. The van der Waals surface area contributed by atoms with Crippen LogP contribution in [0.4, 0.5) is 0 Å². The number of carbonyl (C=O) groups is 1. The number of benzene rings is 1. The van der Waals surface area contributed by atoms with E-state index in [1.807, 2.05) is 6.92 Å². The minimum absolute atomic E-state index is 0.0588. The zero-order valence-electron chi connectivity index (χ0n) is 14.6. The quantitative estimate of drug-likeness (QED) is 0.608. The summed E-state index contributed by atoms with van der Waals surface area (Å²) in [7, 11) is 1.55. The van der Waals surface area contributed by atoms with E-state index < -0.39 is 17.6 Å². The second kappa shape index (κ2) is 5.95. The number of hydrogen-bond donors (Lipinski definition) is 0. The van der Waals surface area contributed by atoms with Crippen LogP contribution >= 0.6 is 0 Å². The van der Waals surface area contributed by atoms with Crippen LogP contribution in [0, 0.1) is 16.0 Å². The number of methoxy groups -OCH3 is 1. The molecule has 1 aliphatic heterocycles. The summed E-state index contributed by atoms with van der Waals surface area (Å²) in [6.45, 7) is 2.31. The Bertz CT molecular complexity index is 858. The Morgan fingerprint density at radius 3 is 2.92 bits per heavy atom. The first-order valence-electron chi connectivity index (χ1n) is 8.58. The molecule has 2 aliphatic carbocycles. The molecule has 0 aromatic heterocycles. The van der Waals surface area contributed by atoms with Gasteiger partial charge >= 0.3 is 0 Å². The van der Waals surface area contributed by atoms with Crippen LogP contribution in [0.2, 0.25) is 0 Å². The van der Waals surface area contributed by atoms with Crippen LogP contribution in [-0.2, 0) is 14.9 Å². The predicted molar refractivity (Wildman–Crippen MR) is 92.6 cm³/mol. The van der Waals surface area contributed by atoms with Gasteiger partial charge in [-0.3, -0.25) is 14.9 Å². The number of carbonyl (C=O) groups excluding carboxylic acids is 1. The highest BCUT2D eigenvalue weighted by molar-refractivity contribution is 5.92. The Balaban J connectivity index is 2.02. The summed E-state index contributed by atoms with van der Waals surface area (Å²) >= 11 is 0. The first-order chi connectivity index (χ1) is 12.5. The molecule has 0 bridgehead atoms. The van der Waals surface area contributed by atoms with Crippen molar-refractivity contribution in [2.24, 2.45) is 5.92 Å². The number of nitro groups is 1. The number of rotatable bonds is 4. The molecular weight excluding hydrogens is 338 g/mol. The molecule has 0 saturated heterocycles. The van der Waals surface area contributed by atoms with E-state index in [9.17, 15) is 14.9 Å². The highest BCUT2D eigenvalue weighted by Crippen LogP contribution is 2.58. The summed E-state index contributed by atoms with van der Waals surface area (Å²) in [5.74, 6) is 0.424. The van der Waals surface area contributed by atoms with Crippen LogP contribution in [0.1, 0.15) is 30.9 Å². The van der Waals surface area contributed by atoms with Crippen LogP contribution in [0.3, 0.4) is 0 Å². The number of ether oxygens (including phenoxy) is 3. The molecule has 1 aromatic rings. The van der Waals surface area contributed by atoms with Gasteiger partial charge in [-0.15, -0.1) is 0 Å². The third-order valence-corrected chi connectivity index (χ3v) is 5.41. The summed E-state index contributed by atoms with van der Waals surface area (Å²) in [4.78, 5) is 23.4. The molecule has 7 heteroatoms. The summed E-state index contributed by atoms with van der Waals surface area (Å²) < 4.78 is 17.2. The molecule has 3 aliphatic rings. The van der Waals surface area contributed by atoms with Gasteiger partial charge in [0.1, 0.15) is 0 Å². The van der Waals surface area contributed by atoms with Crippen molar-refractivity contribution < 1.29 is 23.9 Å². The van der Waals surface area contributed by atoms with E-state index in [4.69, 9.17) is 14.2 Å². The number of hydrogen-bond acceptors (Lipinski definition) is 6. The van der Waals surface area contributed by atoms with Crippen molar-refractivity contribution in [3.8, 4) is 11.5 Å². The van der Waals surface area contributed by atoms with Gasteiger partial charge in [0.2, 0.25) is 6.29 Å². The summed E-state index contributed by atoms with van der Waals surface area (Å²) in [5, 5.41) is 11.7.